The Morgan fingerprint density at radius 2 is 0.816 bits per heavy atom. The Hall–Kier alpha value is -11.4. The lowest BCUT2D eigenvalue weighted by Gasteiger charge is -2.23. The highest BCUT2D eigenvalue weighted by atomic mass is 79.9. The van der Waals surface area contributed by atoms with Crippen LogP contribution in [0.1, 0.15) is 150 Å². The number of hydrogen-bond donors (Lipinski definition) is 5. The van der Waals surface area contributed by atoms with Gasteiger partial charge in [0.2, 0.25) is 5.88 Å². The molecule has 125 heavy (non-hydrogen) atoms. The predicted molar refractivity (Wildman–Crippen MR) is 501 cm³/mol. The normalized spacial score (nSPS) is 12.3. The summed E-state index contributed by atoms with van der Waals surface area (Å²) in [4.78, 5) is 48.2. The molecule has 0 spiro atoms. The van der Waals surface area contributed by atoms with E-state index in [0.29, 0.717) is 91.9 Å². The summed E-state index contributed by atoms with van der Waals surface area (Å²) in [5.41, 5.74) is 41.0. The molecule has 0 saturated heterocycles. The van der Waals surface area contributed by atoms with E-state index in [4.69, 9.17) is 124 Å². The van der Waals surface area contributed by atoms with E-state index in [2.05, 4.69) is 120 Å². The number of ether oxygens (including phenoxy) is 5. The molecule has 4 atom stereocenters. The summed E-state index contributed by atoms with van der Waals surface area (Å²) in [6, 6.07) is 18.3. The highest BCUT2D eigenvalue weighted by Crippen LogP contribution is 2.51. The van der Waals surface area contributed by atoms with Crippen molar-refractivity contribution in [1.29, 1.82) is 0 Å². The minimum absolute atomic E-state index is 0.0864. The molecule has 27 nitrogen and oxygen atoms in total. The van der Waals surface area contributed by atoms with E-state index in [0.717, 1.165) is 124 Å². The van der Waals surface area contributed by atoms with Gasteiger partial charge in [0.25, 0.3) is 0 Å². The lowest BCUT2D eigenvalue weighted by molar-refractivity contribution is 0.239. The Balaban J connectivity index is 0.000000143. The number of rotatable bonds is 19. The maximum absolute atomic E-state index is 15.4. The van der Waals surface area contributed by atoms with Crippen molar-refractivity contribution in [2.24, 2.45) is 0 Å². The molecule has 0 bridgehead atoms. The lowest BCUT2D eigenvalue weighted by Crippen LogP contribution is -2.13. The molecule has 646 valence electrons. The van der Waals surface area contributed by atoms with Crippen molar-refractivity contribution in [1.82, 2.24) is 77.6 Å². The van der Waals surface area contributed by atoms with E-state index in [9.17, 15) is 5.11 Å². The van der Waals surface area contributed by atoms with Crippen molar-refractivity contribution in [2.45, 2.75) is 113 Å². The maximum atomic E-state index is 15.4. The second kappa shape index (κ2) is 37.8. The van der Waals surface area contributed by atoms with Gasteiger partial charge in [0.15, 0.2) is 34.2 Å². The average molecular weight is 1980 g/mol. The van der Waals surface area contributed by atoms with Gasteiger partial charge in [-0.25, -0.2) is 49.2 Å². The van der Waals surface area contributed by atoms with Gasteiger partial charge in [-0.2, -0.15) is 0 Å². The van der Waals surface area contributed by atoms with E-state index < -0.39 is 11.7 Å². The Morgan fingerprint density at radius 3 is 1.18 bits per heavy atom. The third-order valence-corrected chi connectivity index (χ3v) is 24.8. The van der Waals surface area contributed by atoms with E-state index in [1.807, 2.05) is 143 Å². The Kier molecular flexibility index (Phi) is 27.6. The summed E-state index contributed by atoms with van der Waals surface area (Å²) < 4.78 is 59.4. The van der Waals surface area contributed by atoms with Crippen LogP contribution in [-0.4, -0.2) is 117 Å². The zero-order chi connectivity index (χ0) is 90.3. The summed E-state index contributed by atoms with van der Waals surface area (Å²) in [5.74, 6) is 6.44. The van der Waals surface area contributed by atoms with Gasteiger partial charge in [-0.15, -0.1) is 0 Å². The number of anilines is 4. The summed E-state index contributed by atoms with van der Waals surface area (Å²) in [6.07, 6.45) is 18.5. The molecule has 0 fully saturated rings. The van der Waals surface area contributed by atoms with E-state index in [-0.39, 0.29) is 56.9 Å². The number of benzene rings is 4. The smallest absolute Gasteiger partial charge is 0.212 e. The minimum atomic E-state index is -0.648. The summed E-state index contributed by atoms with van der Waals surface area (Å²) >= 11 is 43.2. The molecule has 9 N–H and O–H groups in total. The van der Waals surface area contributed by atoms with Crippen LogP contribution < -0.4 is 46.6 Å². The molecule has 16 aromatic rings. The minimum Gasteiger partial charge on any atom is -0.506 e. The molecular weight excluding hydrogens is 1900 g/mol. The van der Waals surface area contributed by atoms with Crippen LogP contribution in [0.5, 0.6) is 28.9 Å². The highest BCUT2D eigenvalue weighted by molar-refractivity contribution is 9.11. The molecule has 0 aliphatic heterocycles. The fourth-order valence-corrected chi connectivity index (χ4v) is 18.0. The first-order valence-electron chi connectivity index (χ1n) is 38.7. The fourth-order valence-electron chi connectivity index (χ4n) is 15.2. The van der Waals surface area contributed by atoms with Crippen LogP contribution in [0.4, 0.5) is 27.7 Å². The van der Waals surface area contributed by atoms with Crippen molar-refractivity contribution in [2.75, 3.05) is 51.4 Å². The average Bonchev–Trinajstić information content (AvgIpc) is 1.73. The maximum Gasteiger partial charge on any atom is 0.212 e. The molecule has 4 unspecified atom stereocenters. The number of aromatic nitrogens is 16. The van der Waals surface area contributed by atoms with Gasteiger partial charge in [0.1, 0.15) is 99.4 Å². The number of aliphatic hydroxyl groups is 1. The summed E-state index contributed by atoms with van der Waals surface area (Å²) in [6.45, 7) is 26.9. The number of nitrogen functional groups attached to an aromatic ring is 4. The number of pyridine rings is 3. The number of fused-ring (bicyclic) bond motifs is 4. The molecule has 4 aromatic carbocycles. The number of aliphatic hydroxyl groups excluding tert-OH is 1. The van der Waals surface area contributed by atoms with Crippen LogP contribution in [0.3, 0.4) is 0 Å². The fraction of sp³-hybridized carbons (Fsp3) is 0.236. The molecule has 0 amide bonds. The number of methoxy groups -OCH3 is 4. The van der Waals surface area contributed by atoms with Crippen LogP contribution in [0.25, 0.3) is 72.3 Å². The van der Waals surface area contributed by atoms with Crippen LogP contribution >= 0.6 is 106 Å². The van der Waals surface area contributed by atoms with Crippen LogP contribution in [0, 0.1) is 47.4 Å². The first-order valence-corrected chi connectivity index (χ1v) is 42.9. The molecule has 16 rings (SSSR count). The zero-order valence-electron chi connectivity index (χ0n) is 70.5. The third-order valence-electron chi connectivity index (χ3n) is 21.4. The number of nitrogens with two attached hydrogens (primary N) is 4. The second-order valence-electron chi connectivity index (χ2n) is 29.5. The number of halogens is 9. The Morgan fingerprint density at radius 1 is 0.448 bits per heavy atom. The van der Waals surface area contributed by atoms with Gasteiger partial charge in [-0.05, 0) is 162 Å². The van der Waals surface area contributed by atoms with Gasteiger partial charge < -0.3 is 56.2 Å². The van der Waals surface area contributed by atoms with Crippen LogP contribution in [0.15, 0.2) is 154 Å². The Labute approximate surface area is 769 Å². The molecular formula is C89H85Br3Cl5FN20O7. The topological polar surface area (TPSA) is 356 Å². The van der Waals surface area contributed by atoms with Crippen LogP contribution in [-0.2, 0) is 0 Å². The zero-order valence-corrected chi connectivity index (χ0v) is 79.0. The molecule has 12 heterocycles. The summed E-state index contributed by atoms with van der Waals surface area (Å²) in [5, 5.41) is 15.8. The number of imidazole rings is 4. The van der Waals surface area contributed by atoms with Gasteiger partial charge in [0, 0.05) is 174 Å². The van der Waals surface area contributed by atoms with Gasteiger partial charge >= 0.3 is 0 Å². The molecule has 0 aliphatic carbocycles. The van der Waals surface area contributed by atoms with Gasteiger partial charge in [0.05, 0.1) is 56.4 Å². The predicted octanol–water partition coefficient (Wildman–Crippen LogP) is 22.6. The standard InChI is InChI=1S/C24H22Cl2FN5O2.C22H21BrClN5O2.C22H21BrClN5O.C21H21BrClN5O2/c1-11(2)34-21-15(12(3)24-31-22(26)20-23(28)29-7-8-32(20)24)9-16(25)19(27)18(21)14-5-6-17(13(4)33)30-10-14;1-11(22-28-20(23)18-21(25)26-7-8-29(18)22)14-9-15(24)12(2)17(19(14)31-4)13-5-6-16(30-3)27-10-13;1-11-5-6-14(10-27-11)17-13(3)16(24)9-15(19(17)30-4)12(2)22-28-20(23)18-21(25)26-7-8-29(18)22;1-9(21-26-19(22)17-20(24)25-6-7-28(17)21)13-8-14(23)10(2)15(18(13)29-5)16-11(3)27-30-12(16)4/h5-12,33H,4H2,1-3H3,(H2,28,29);5-11H,1-4H3,(H2,25,26);5-10,12H,1-4H3,(H2,25,26);6-9H,1-5H3,(H2,24,25). The van der Waals surface area contributed by atoms with Crippen LogP contribution in [0.2, 0.25) is 25.2 Å². The first kappa shape index (κ1) is 91.3. The largest absolute Gasteiger partial charge is 0.506 e. The van der Waals surface area contributed by atoms with Crippen molar-refractivity contribution in [3.05, 3.63) is 265 Å². The highest BCUT2D eigenvalue weighted by Gasteiger charge is 2.34. The SMILES string of the molecule is C=C(O)c1ccc(-c2c(F)c(Cl)cc(C(C)c3nc(Cl)c4c(N)nccn34)c2OC(C)C)cn1.COc1c(C(C)c2nc(Br)c3c(N)nccn23)cc(Cl)c(C)c1-c1c(C)noc1C.COc1c(C(C)c2nc(Br)c3c(N)nccn23)cc(Cl)c(C)c1-c1ccc(C)nc1.COc1ccc(-c2c(C)c(Cl)cc(C(C)c3nc(Br)c4c(N)nccn34)c2OC)cn1. The molecule has 0 aliphatic rings. The molecule has 0 saturated carbocycles. The van der Waals surface area contributed by atoms with Crippen molar-refractivity contribution < 1.29 is 37.7 Å². The van der Waals surface area contributed by atoms with Crippen molar-refractivity contribution >= 4 is 157 Å². The van der Waals surface area contributed by atoms with E-state index >= 15 is 4.39 Å². The quantitative estimate of drug-likeness (QED) is 0.0469. The van der Waals surface area contributed by atoms with E-state index in [1.54, 1.807) is 76.1 Å². The van der Waals surface area contributed by atoms with Crippen molar-refractivity contribution in [3.63, 3.8) is 0 Å². The van der Waals surface area contributed by atoms with E-state index in [1.165, 1.54) is 18.3 Å². The monoisotopic (exact) mass is 1980 g/mol. The number of aryl methyl sites for hydroxylation is 3. The van der Waals surface area contributed by atoms with Gasteiger partial charge in [-0.3, -0.25) is 27.6 Å². The summed E-state index contributed by atoms with van der Waals surface area (Å²) in [7, 11) is 6.57. The number of nitrogens with zero attached hydrogens (tertiary/aromatic N) is 16. The number of hydrogen-bond acceptors (Lipinski definition) is 23. The molecule has 36 heteroatoms. The molecule has 12 aromatic heterocycles. The van der Waals surface area contributed by atoms with Crippen molar-refractivity contribution in [3.8, 4) is 73.4 Å². The molecule has 0 radical (unpaired) electrons. The second-order valence-corrected chi connectivity index (χ2v) is 33.7. The van der Waals surface area contributed by atoms with Gasteiger partial charge in [-0.1, -0.05) is 110 Å². The first-order chi connectivity index (χ1) is 59.5. The lowest BCUT2D eigenvalue weighted by atomic mass is 9.90. The third kappa shape index (κ3) is 17.6. The Bertz CT molecular complexity index is 6810.